The fourth-order valence-electron chi connectivity index (χ4n) is 3.14. The molecule has 0 spiro atoms. The van der Waals surface area contributed by atoms with Gasteiger partial charge in [0.25, 0.3) is 10.0 Å². The predicted octanol–water partition coefficient (Wildman–Crippen LogP) is 5.40. The first kappa shape index (κ1) is 25.8. The zero-order chi connectivity index (χ0) is 25.0. The number of hydrogen-bond donors (Lipinski definition) is 1. The smallest absolute Gasteiger partial charge is 0.268 e. The minimum Gasteiger partial charge on any atom is -0.495 e. The number of aryl methyl sites for hydroxylation is 1. The van der Waals surface area contributed by atoms with Crippen LogP contribution in [0, 0.1) is 12.7 Å². The van der Waals surface area contributed by atoms with Crippen molar-refractivity contribution in [1.82, 2.24) is 0 Å². The van der Waals surface area contributed by atoms with Crippen molar-refractivity contribution < 1.29 is 27.1 Å². The van der Waals surface area contributed by atoms with Crippen LogP contribution in [0.2, 0.25) is 5.02 Å². The molecule has 0 aliphatic rings. The maximum Gasteiger partial charge on any atom is 0.268 e. The molecular formula is C23H21BrClFN2O5S. The Morgan fingerprint density at radius 1 is 1.06 bits per heavy atom. The Bertz CT molecular complexity index is 1340. The molecule has 0 saturated heterocycles. The largest absolute Gasteiger partial charge is 0.495 e. The number of anilines is 2. The van der Waals surface area contributed by atoms with Gasteiger partial charge in [0, 0.05) is 4.47 Å². The van der Waals surface area contributed by atoms with Gasteiger partial charge in [0.1, 0.15) is 28.8 Å². The monoisotopic (exact) mass is 570 g/mol. The highest BCUT2D eigenvalue weighted by atomic mass is 79.9. The van der Waals surface area contributed by atoms with E-state index in [1.807, 2.05) is 0 Å². The molecule has 7 nitrogen and oxygen atoms in total. The average molecular weight is 572 g/mol. The zero-order valence-electron chi connectivity index (χ0n) is 18.4. The van der Waals surface area contributed by atoms with Gasteiger partial charge in [-0.2, -0.15) is 0 Å². The number of benzene rings is 3. The lowest BCUT2D eigenvalue weighted by Gasteiger charge is -2.25. The van der Waals surface area contributed by atoms with E-state index in [9.17, 15) is 17.6 Å². The average Bonchev–Trinajstić information content (AvgIpc) is 2.79. The number of methoxy groups -OCH3 is 2. The van der Waals surface area contributed by atoms with Crippen molar-refractivity contribution in [3.63, 3.8) is 0 Å². The van der Waals surface area contributed by atoms with Gasteiger partial charge in [0.2, 0.25) is 5.91 Å². The van der Waals surface area contributed by atoms with Gasteiger partial charge in [-0.05, 0) is 61.0 Å². The van der Waals surface area contributed by atoms with Gasteiger partial charge in [-0.3, -0.25) is 9.10 Å². The van der Waals surface area contributed by atoms with Crippen LogP contribution in [0.25, 0.3) is 0 Å². The van der Waals surface area contributed by atoms with Crippen LogP contribution in [-0.2, 0) is 14.8 Å². The van der Waals surface area contributed by atoms with Crippen LogP contribution in [0.3, 0.4) is 0 Å². The Morgan fingerprint density at radius 3 is 2.35 bits per heavy atom. The van der Waals surface area contributed by atoms with E-state index in [0.717, 1.165) is 4.31 Å². The standard InChI is InChI=1S/C23H21BrClFN2O5S/c1-14-4-8-21(33-3)22(10-14)34(30,31)28(16-6-9-20(32-2)17(25)12-16)13-23(29)27-19-7-5-15(24)11-18(19)26/h4-12H,13H2,1-3H3,(H,27,29). The topological polar surface area (TPSA) is 84.9 Å². The number of nitrogens with zero attached hydrogens (tertiary/aromatic N) is 1. The van der Waals surface area contributed by atoms with E-state index >= 15 is 0 Å². The first-order valence-corrected chi connectivity index (χ1v) is 12.4. The van der Waals surface area contributed by atoms with E-state index in [-0.39, 0.29) is 27.0 Å². The number of amides is 1. The van der Waals surface area contributed by atoms with Crippen LogP contribution in [0.1, 0.15) is 5.56 Å². The molecule has 0 bridgehead atoms. The second-order valence-corrected chi connectivity index (χ2v) is 10.3. The molecule has 3 aromatic carbocycles. The number of hydrogen-bond acceptors (Lipinski definition) is 5. The van der Waals surface area contributed by atoms with E-state index in [2.05, 4.69) is 21.2 Å². The van der Waals surface area contributed by atoms with Crippen molar-refractivity contribution in [3.05, 3.63) is 75.5 Å². The summed E-state index contributed by atoms with van der Waals surface area (Å²) in [5.41, 5.74) is 0.695. The summed E-state index contributed by atoms with van der Waals surface area (Å²) < 4.78 is 53.5. The van der Waals surface area contributed by atoms with Crippen LogP contribution >= 0.6 is 27.5 Å². The fraction of sp³-hybridized carbons (Fsp3) is 0.174. The summed E-state index contributed by atoms with van der Waals surface area (Å²) in [7, 11) is -1.54. The molecule has 0 radical (unpaired) electrons. The maximum atomic E-state index is 14.2. The molecule has 0 heterocycles. The normalized spacial score (nSPS) is 11.1. The molecule has 0 aliphatic carbocycles. The molecule has 180 valence electrons. The van der Waals surface area contributed by atoms with E-state index < -0.39 is 28.3 Å². The summed E-state index contributed by atoms with van der Waals surface area (Å²) in [5, 5.41) is 2.56. The minimum absolute atomic E-state index is 0.0913. The Kier molecular flexibility index (Phi) is 8.06. The van der Waals surface area contributed by atoms with Crippen molar-refractivity contribution in [2.75, 3.05) is 30.4 Å². The summed E-state index contributed by atoms with van der Waals surface area (Å²) in [5.74, 6) is -1.000. The highest BCUT2D eigenvalue weighted by Crippen LogP contribution is 2.34. The lowest BCUT2D eigenvalue weighted by Crippen LogP contribution is -2.38. The molecule has 11 heteroatoms. The number of carbonyl (C=O) groups excluding carboxylic acids is 1. The molecular weight excluding hydrogens is 551 g/mol. The molecule has 1 amide bonds. The summed E-state index contributed by atoms with van der Waals surface area (Å²) >= 11 is 9.38. The SMILES string of the molecule is COc1ccc(N(CC(=O)Nc2ccc(Br)cc2F)S(=O)(=O)c2cc(C)ccc2OC)cc1Cl. The van der Waals surface area contributed by atoms with E-state index in [1.54, 1.807) is 19.1 Å². The van der Waals surface area contributed by atoms with Crippen molar-refractivity contribution in [2.24, 2.45) is 0 Å². The maximum absolute atomic E-state index is 14.2. The summed E-state index contributed by atoms with van der Waals surface area (Å²) in [6.45, 7) is 1.08. The van der Waals surface area contributed by atoms with Gasteiger partial charge in [-0.1, -0.05) is 33.6 Å². The van der Waals surface area contributed by atoms with Gasteiger partial charge >= 0.3 is 0 Å². The lowest BCUT2D eigenvalue weighted by atomic mass is 10.2. The van der Waals surface area contributed by atoms with Gasteiger partial charge < -0.3 is 14.8 Å². The summed E-state index contributed by atoms with van der Waals surface area (Å²) in [6.07, 6.45) is 0. The molecule has 3 aromatic rings. The second-order valence-electron chi connectivity index (χ2n) is 7.16. The predicted molar refractivity (Wildman–Crippen MR) is 133 cm³/mol. The van der Waals surface area contributed by atoms with Crippen LogP contribution in [0.4, 0.5) is 15.8 Å². The number of sulfonamides is 1. The lowest BCUT2D eigenvalue weighted by molar-refractivity contribution is -0.114. The summed E-state index contributed by atoms with van der Waals surface area (Å²) in [4.78, 5) is 12.7. The third-order valence-electron chi connectivity index (χ3n) is 4.80. The van der Waals surface area contributed by atoms with Gasteiger partial charge in [0.15, 0.2) is 0 Å². The molecule has 0 aliphatic heterocycles. The molecule has 0 fully saturated rings. The number of nitrogens with one attached hydrogen (secondary N) is 1. The third kappa shape index (κ3) is 5.63. The molecule has 0 saturated carbocycles. The molecule has 0 aromatic heterocycles. The quantitative estimate of drug-likeness (QED) is 0.391. The highest BCUT2D eigenvalue weighted by molar-refractivity contribution is 9.10. The van der Waals surface area contributed by atoms with Crippen molar-refractivity contribution >= 4 is 54.8 Å². The summed E-state index contributed by atoms with van der Waals surface area (Å²) in [6, 6.07) is 13.1. The molecule has 0 atom stereocenters. The first-order chi connectivity index (χ1) is 16.1. The van der Waals surface area contributed by atoms with E-state index in [1.165, 1.54) is 56.7 Å². The zero-order valence-corrected chi connectivity index (χ0v) is 21.6. The Hall–Kier alpha value is -2.82. The van der Waals surface area contributed by atoms with Crippen LogP contribution < -0.4 is 19.1 Å². The van der Waals surface area contributed by atoms with Gasteiger partial charge in [-0.25, -0.2) is 12.8 Å². The van der Waals surface area contributed by atoms with Crippen LogP contribution in [0.5, 0.6) is 11.5 Å². The number of rotatable bonds is 8. The molecule has 3 rings (SSSR count). The number of carbonyl (C=O) groups is 1. The third-order valence-corrected chi connectivity index (χ3v) is 7.39. The minimum atomic E-state index is -4.31. The highest BCUT2D eigenvalue weighted by Gasteiger charge is 2.31. The van der Waals surface area contributed by atoms with Crippen molar-refractivity contribution in [3.8, 4) is 11.5 Å². The van der Waals surface area contributed by atoms with Gasteiger partial charge in [0.05, 0.1) is 30.6 Å². The first-order valence-electron chi connectivity index (χ1n) is 9.82. The van der Waals surface area contributed by atoms with Gasteiger partial charge in [-0.15, -0.1) is 0 Å². The Balaban J connectivity index is 2.06. The van der Waals surface area contributed by atoms with E-state index in [0.29, 0.717) is 15.8 Å². The molecule has 1 N–H and O–H groups in total. The second kappa shape index (κ2) is 10.6. The molecule has 0 unspecified atom stereocenters. The number of halogens is 3. The fourth-order valence-corrected chi connectivity index (χ4v) is 5.38. The van der Waals surface area contributed by atoms with Crippen molar-refractivity contribution in [1.29, 1.82) is 0 Å². The van der Waals surface area contributed by atoms with Crippen LogP contribution in [-0.4, -0.2) is 35.1 Å². The van der Waals surface area contributed by atoms with Crippen molar-refractivity contribution in [2.45, 2.75) is 11.8 Å². The molecule has 34 heavy (non-hydrogen) atoms. The van der Waals surface area contributed by atoms with Crippen LogP contribution in [0.15, 0.2) is 64.0 Å². The Morgan fingerprint density at radius 2 is 1.74 bits per heavy atom. The van der Waals surface area contributed by atoms with E-state index in [4.69, 9.17) is 21.1 Å². The Labute approximate surface area is 210 Å². The number of ether oxygens (including phenoxy) is 2.